The van der Waals surface area contributed by atoms with Crippen molar-refractivity contribution in [2.45, 2.75) is 0 Å². The average Bonchev–Trinajstić information content (AvgIpc) is 2.04. The molecule has 2 aromatic rings. The first-order valence-corrected chi connectivity index (χ1v) is 4.52. The molecule has 0 atom stereocenters. The van der Waals surface area contributed by atoms with E-state index in [1.165, 1.54) is 0 Å². The third kappa shape index (κ3) is 1.30. The van der Waals surface area contributed by atoms with E-state index < -0.39 is 0 Å². The average molecular weight is 243 g/mol. The van der Waals surface area contributed by atoms with E-state index in [4.69, 9.17) is 11.6 Å². The molecule has 0 aliphatic heterocycles. The van der Waals surface area contributed by atoms with Gasteiger partial charge in [0.1, 0.15) is 4.60 Å². The second-order valence-corrected chi connectivity index (χ2v) is 3.39. The number of fused-ring (bicyclic) bond motifs is 1. The number of nitrogens with zero attached hydrogens (tertiary/aromatic N) is 2. The summed E-state index contributed by atoms with van der Waals surface area (Å²) in [5.41, 5.74) is 0.851. The summed E-state index contributed by atoms with van der Waals surface area (Å²) in [7, 11) is 0. The minimum Gasteiger partial charge on any atom is -0.218 e. The van der Waals surface area contributed by atoms with Crippen molar-refractivity contribution < 1.29 is 0 Å². The zero-order valence-corrected chi connectivity index (χ0v) is 8.30. The molecule has 1 heterocycles. The minimum absolute atomic E-state index is 0.264. The Kier molecular flexibility index (Phi) is 1.98. The van der Waals surface area contributed by atoms with Gasteiger partial charge in [-0.25, -0.2) is 9.97 Å². The van der Waals surface area contributed by atoms with Crippen LogP contribution in [0.5, 0.6) is 0 Å². The van der Waals surface area contributed by atoms with Crippen molar-refractivity contribution in [2.75, 3.05) is 0 Å². The van der Waals surface area contributed by atoms with Crippen LogP contribution in [0.25, 0.3) is 10.9 Å². The van der Waals surface area contributed by atoms with Crippen LogP contribution in [0.15, 0.2) is 28.9 Å². The molecule has 0 saturated carbocycles. The number of halogens is 2. The smallest absolute Gasteiger partial charge is 0.218 e. The summed E-state index contributed by atoms with van der Waals surface area (Å²) in [6.45, 7) is 0. The Morgan fingerprint density at radius 2 is 1.92 bits per heavy atom. The van der Waals surface area contributed by atoms with Gasteiger partial charge in [0.05, 0.1) is 5.52 Å². The molecule has 0 fully saturated rings. The molecule has 2 rings (SSSR count). The maximum atomic E-state index is 5.67. The molecule has 1 aromatic carbocycles. The van der Waals surface area contributed by atoms with Gasteiger partial charge in [0.15, 0.2) is 0 Å². The van der Waals surface area contributed by atoms with Crippen molar-refractivity contribution in [1.29, 1.82) is 0 Å². The lowest BCUT2D eigenvalue weighted by atomic mass is 10.2. The lowest BCUT2D eigenvalue weighted by molar-refractivity contribution is 1.19. The summed E-state index contributed by atoms with van der Waals surface area (Å²) >= 11 is 8.98. The summed E-state index contributed by atoms with van der Waals surface area (Å²) < 4.78 is 0.734. The summed E-state index contributed by atoms with van der Waals surface area (Å²) in [6.07, 6.45) is 0. The highest BCUT2D eigenvalue weighted by molar-refractivity contribution is 9.10. The Labute approximate surface area is 82.7 Å². The summed E-state index contributed by atoms with van der Waals surface area (Å²) in [6, 6.07) is 7.69. The SMILES string of the molecule is Clc1nc(Br)c2ccccc2n1. The van der Waals surface area contributed by atoms with E-state index in [1.54, 1.807) is 0 Å². The van der Waals surface area contributed by atoms with E-state index in [0.717, 1.165) is 15.5 Å². The van der Waals surface area contributed by atoms with Gasteiger partial charge in [-0.15, -0.1) is 0 Å². The van der Waals surface area contributed by atoms with Gasteiger partial charge in [0.25, 0.3) is 0 Å². The van der Waals surface area contributed by atoms with Gasteiger partial charge in [-0.2, -0.15) is 0 Å². The summed E-state index contributed by atoms with van der Waals surface area (Å²) in [5, 5.41) is 1.24. The number of hydrogen-bond donors (Lipinski definition) is 0. The molecule has 12 heavy (non-hydrogen) atoms. The Morgan fingerprint density at radius 3 is 2.75 bits per heavy atom. The highest BCUT2D eigenvalue weighted by Crippen LogP contribution is 2.21. The monoisotopic (exact) mass is 242 g/mol. The largest absolute Gasteiger partial charge is 0.224 e. The second kappa shape index (κ2) is 2.99. The molecule has 1 aromatic heterocycles. The van der Waals surface area contributed by atoms with Crippen molar-refractivity contribution >= 4 is 38.4 Å². The van der Waals surface area contributed by atoms with Crippen LogP contribution in [-0.2, 0) is 0 Å². The number of para-hydroxylation sites is 1. The van der Waals surface area contributed by atoms with Crippen LogP contribution < -0.4 is 0 Å². The molecular weight excluding hydrogens is 239 g/mol. The lowest BCUT2D eigenvalue weighted by Crippen LogP contribution is -1.85. The van der Waals surface area contributed by atoms with Gasteiger partial charge < -0.3 is 0 Å². The first-order valence-electron chi connectivity index (χ1n) is 3.35. The molecule has 0 radical (unpaired) electrons. The fourth-order valence-corrected chi connectivity index (χ4v) is 1.79. The van der Waals surface area contributed by atoms with Gasteiger partial charge in [-0.05, 0) is 33.6 Å². The van der Waals surface area contributed by atoms with Crippen LogP contribution in [0.4, 0.5) is 0 Å². The molecule has 0 aliphatic rings. The topological polar surface area (TPSA) is 25.8 Å². The van der Waals surface area contributed by atoms with Crippen LogP contribution in [0.3, 0.4) is 0 Å². The molecule has 0 N–H and O–H groups in total. The summed E-state index contributed by atoms with van der Waals surface area (Å²) in [5.74, 6) is 0. The second-order valence-electron chi connectivity index (χ2n) is 2.30. The lowest BCUT2D eigenvalue weighted by Gasteiger charge is -1.98. The van der Waals surface area contributed by atoms with E-state index >= 15 is 0 Å². The first kappa shape index (κ1) is 7.95. The summed E-state index contributed by atoms with van der Waals surface area (Å²) in [4.78, 5) is 8.03. The van der Waals surface area contributed by atoms with Gasteiger partial charge in [0.2, 0.25) is 5.28 Å². The van der Waals surface area contributed by atoms with Crippen LogP contribution >= 0.6 is 27.5 Å². The normalized spacial score (nSPS) is 10.5. The molecule has 4 heteroatoms. The Bertz CT molecular complexity index is 430. The minimum atomic E-state index is 0.264. The molecule has 0 aliphatic carbocycles. The number of benzene rings is 1. The molecule has 60 valence electrons. The fourth-order valence-electron chi connectivity index (χ4n) is 1.01. The van der Waals surface area contributed by atoms with E-state index in [-0.39, 0.29) is 5.28 Å². The predicted molar refractivity (Wildman–Crippen MR) is 52.2 cm³/mol. The third-order valence-electron chi connectivity index (χ3n) is 1.53. The van der Waals surface area contributed by atoms with Gasteiger partial charge in [-0.1, -0.05) is 18.2 Å². The number of aromatic nitrogens is 2. The molecule has 0 saturated heterocycles. The first-order chi connectivity index (χ1) is 5.77. The van der Waals surface area contributed by atoms with Gasteiger partial charge >= 0.3 is 0 Å². The van der Waals surface area contributed by atoms with Crippen molar-refractivity contribution in [3.05, 3.63) is 34.2 Å². The van der Waals surface area contributed by atoms with Crippen molar-refractivity contribution in [3.8, 4) is 0 Å². The maximum Gasteiger partial charge on any atom is 0.224 e. The van der Waals surface area contributed by atoms with Crippen LogP contribution in [0.1, 0.15) is 0 Å². The Morgan fingerprint density at radius 1 is 1.17 bits per heavy atom. The van der Waals surface area contributed by atoms with Gasteiger partial charge in [0, 0.05) is 5.39 Å². The standard InChI is InChI=1S/C8H4BrClN2/c9-7-5-3-1-2-4-6(5)11-8(10)12-7/h1-4H. The van der Waals surface area contributed by atoms with Crippen molar-refractivity contribution in [1.82, 2.24) is 9.97 Å². The van der Waals surface area contributed by atoms with Crippen LogP contribution in [0.2, 0.25) is 5.28 Å². The Hall–Kier alpha value is -0.670. The molecular formula is C8H4BrClN2. The molecule has 0 spiro atoms. The molecule has 0 unspecified atom stereocenters. The van der Waals surface area contributed by atoms with Crippen LogP contribution in [0, 0.1) is 0 Å². The highest BCUT2D eigenvalue weighted by Gasteiger charge is 2.01. The third-order valence-corrected chi connectivity index (χ3v) is 2.30. The molecule has 2 nitrogen and oxygen atoms in total. The van der Waals surface area contributed by atoms with E-state index in [2.05, 4.69) is 25.9 Å². The van der Waals surface area contributed by atoms with Crippen molar-refractivity contribution in [2.24, 2.45) is 0 Å². The van der Waals surface area contributed by atoms with Gasteiger partial charge in [-0.3, -0.25) is 0 Å². The quantitative estimate of drug-likeness (QED) is 0.525. The Balaban J connectivity index is 2.89. The van der Waals surface area contributed by atoms with Crippen molar-refractivity contribution in [3.63, 3.8) is 0 Å². The zero-order chi connectivity index (χ0) is 8.55. The fraction of sp³-hybridized carbons (Fsp3) is 0. The number of rotatable bonds is 0. The predicted octanol–water partition coefficient (Wildman–Crippen LogP) is 3.05. The number of hydrogen-bond acceptors (Lipinski definition) is 2. The maximum absolute atomic E-state index is 5.67. The highest BCUT2D eigenvalue weighted by atomic mass is 79.9. The molecule has 0 amide bonds. The molecule has 0 bridgehead atoms. The van der Waals surface area contributed by atoms with E-state index in [0.29, 0.717) is 0 Å². The van der Waals surface area contributed by atoms with Crippen LogP contribution in [-0.4, -0.2) is 9.97 Å². The van der Waals surface area contributed by atoms with E-state index in [1.807, 2.05) is 24.3 Å². The zero-order valence-electron chi connectivity index (χ0n) is 5.96. The van der Waals surface area contributed by atoms with E-state index in [9.17, 15) is 0 Å².